The van der Waals surface area contributed by atoms with Gasteiger partial charge < -0.3 is 10.4 Å². The smallest absolute Gasteiger partial charge is 0.240 e. The first-order valence-corrected chi connectivity index (χ1v) is 8.76. The molecule has 3 rings (SSSR count). The Hall–Kier alpha value is -3.40. The van der Waals surface area contributed by atoms with Gasteiger partial charge in [0.15, 0.2) is 0 Å². The van der Waals surface area contributed by atoms with E-state index in [0.717, 1.165) is 11.8 Å². The van der Waals surface area contributed by atoms with E-state index in [2.05, 4.69) is 31.0 Å². The molecular formula is C17H15FN6O2S. The van der Waals surface area contributed by atoms with Crippen LogP contribution < -0.4 is 10.7 Å². The lowest BCUT2D eigenvalue weighted by Crippen LogP contribution is -2.14. The first-order valence-electron chi connectivity index (χ1n) is 7.78. The predicted molar refractivity (Wildman–Crippen MR) is 101 cm³/mol. The van der Waals surface area contributed by atoms with Gasteiger partial charge in [0.25, 0.3) is 0 Å². The average molecular weight is 386 g/mol. The molecule has 0 saturated carbocycles. The third-order valence-electron chi connectivity index (χ3n) is 3.22. The summed E-state index contributed by atoms with van der Waals surface area (Å²) in [6, 6.07) is 12.4. The van der Waals surface area contributed by atoms with Gasteiger partial charge in [-0.3, -0.25) is 4.79 Å². The van der Waals surface area contributed by atoms with Crippen molar-refractivity contribution in [1.29, 1.82) is 0 Å². The van der Waals surface area contributed by atoms with Crippen LogP contribution in [0.5, 0.6) is 5.75 Å². The van der Waals surface area contributed by atoms with Crippen LogP contribution >= 0.6 is 11.8 Å². The molecule has 0 radical (unpaired) electrons. The zero-order valence-corrected chi connectivity index (χ0v) is 14.7. The van der Waals surface area contributed by atoms with Gasteiger partial charge in [0.2, 0.25) is 17.0 Å². The molecule has 2 aromatic carbocycles. The molecule has 0 unspecified atom stereocenters. The highest BCUT2D eigenvalue weighted by molar-refractivity contribution is 7.99. The summed E-state index contributed by atoms with van der Waals surface area (Å²) in [6.45, 7) is 0. The Labute approximate surface area is 157 Å². The van der Waals surface area contributed by atoms with Crippen molar-refractivity contribution >= 4 is 35.5 Å². The van der Waals surface area contributed by atoms with Crippen LogP contribution in [0, 0.1) is 5.82 Å². The average Bonchev–Trinajstić information content (AvgIpc) is 3.09. The van der Waals surface area contributed by atoms with E-state index in [9.17, 15) is 14.3 Å². The molecular weight excluding hydrogens is 371 g/mol. The monoisotopic (exact) mass is 386 g/mol. The lowest BCUT2D eigenvalue weighted by molar-refractivity contribution is -0.113. The van der Waals surface area contributed by atoms with Crippen molar-refractivity contribution in [2.24, 2.45) is 5.10 Å². The fourth-order valence-electron chi connectivity index (χ4n) is 2.01. The van der Waals surface area contributed by atoms with Gasteiger partial charge in [-0.2, -0.15) is 10.1 Å². The van der Waals surface area contributed by atoms with Gasteiger partial charge in [0.05, 0.1) is 12.0 Å². The topological polar surface area (TPSA) is 115 Å². The molecule has 4 N–H and O–H groups in total. The van der Waals surface area contributed by atoms with Crippen LogP contribution in [0.25, 0.3) is 0 Å². The standard InChI is InChI=1S/C17H15FN6O2S/c18-12-5-3-6-13(8-12)20-15(26)10-27-17-21-16(23-24-17)22-19-9-11-4-1-2-7-14(11)25/h1-9,25H,10H2,(H,20,26)(H2,21,22,23,24)/b19-9+. The van der Waals surface area contributed by atoms with E-state index < -0.39 is 5.82 Å². The minimum Gasteiger partial charge on any atom is -0.507 e. The van der Waals surface area contributed by atoms with Crippen molar-refractivity contribution in [2.75, 3.05) is 16.5 Å². The van der Waals surface area contributed by atoms with Crippen LogP contribution in [0.1, 0.15) is 5.56 Å². The Bertz CT molecular complexity index is 962. The number of hydrogen-bond acceptors (Lipinski definition) is 7. The number of aromatic amines is 1. The first-order chi connectivity index (χ1) is 13.1. The van der Waals surface area contributed by atoms with Crippen molar-refractivity contribution in [3.8, 4) is 5.75 Å². The molecule has 0 bridgehead atoms. The van der Waals surface area contributed by atoms with Crippen molar-refractivity contribution in [3.05, 3.63) is 59.9 Å². The summed E-state index contributed by atoms with van der Waals surface area (Å²) in [4.78, 5) is 16.0. The maximum Gasteiger partial charge on any atom is 0.240 e. The van der Waals surface area contributed by atoms with Gasteiger partial charge in [-0.1, -0.05) is 30.0 Å². The second-order valence-electron chi connectivity index (χ2n) is 5.24. The zero-order chi connectivity index (χ0) is 19.1. The number of hydrogen-bond donors (Lipinski definition) is 4. The molecule has 10 heteroatoms. The number of para-hydroxylation sites is 1. The lowest BCUT2D eigenvalue weighted by Gasteiger charge is -2.03. The summed E-state index contributed by atoms with van der Waals surface area (Å²) >= 11 is 1.11. The third kappa shape index (κ3) is 5.54. The Balaban J connectivity index is 1.48. The van der Waals surface area contributed by atoms with E-state index in [0.29, 0.717) is 16.4 Å². The number of aromatic nitrogens is 3. The number of nitrogens with one attached hydrogen (secondary N) is 3. The van der Waals surface area contributed by atoms with E-state index in [1.54, 1.807) is 30.3 Å². The fourth-order valence-corrected chi connectivity index (χ4v) is 2.61. The molecule has 1 amide bonds. The largest absolute Gasteiger partial charge is 0.507 e. The van der Waals surface area contributed by atoms with Crippen molar-refractivity contribution in [3.63, 3.8) is 0 Å². The van der Waals surface area contributed by atoms with E-state index >= 15 is 0 Å². The number of amides is 1. The number of anilines is 2. The van der Waals surface area contributed by atoms with E-state index in [1.165, 1.54) is 24.4 Å². The van der Waals surface area contributed by atoms with Crippen LogP contribution in [0.4, 0.5) is 16.0 Å². The molecule has 8 nitrogen and oxygen atoms in total. The number of aromatic hydroxyl groups is 1. The van der Waals surface area contributed by atoms with Gasteiger partial charge >= 0.3 is 0 Å². The minimum absolute atomic E-state index is 0.0644. The Kier molecular flexibility index (Phi) is 6.00. The van der Waals surface area contributed by atoms with Crippen molar-refractivity contribution in [1.82, 2.24) is 15.2 Å². The van der Waals surface area contributed by atoms with Gasteiger partial charge in [0.1, 0.15) is 11.6 Å². The Morgan fingerprint density at radius 3 is 2.96 bits per heavy atom. The molecule has 0 spiro atoms. The number of rotatable bonds is 7. The second kappa shape index (κ2) is 8.81. The summed E-state index contributed by atoms with van der Waals surface area (Å²) in [6.07, 6.45) is 1.44. The van der Waals surface area contributed by atoms with Gasteiger partial charge in [-0.25, -0.2) is 14.9 Å². The molecule has 3 aromatic rings. The lowest BCUT2D eigenvalue weighted by atomic mass is 10.2. The normalized spacial score (nSPS) is 10.9. The Morgan fingerprint density at radius 2 is 2.15 bits per heavy atom. The summed E-state index contributed by atoms with van der Waals surface area (Å²) in [5, 5.41) is 23.1. The zero-order valence-electron chi connectivity index (χ0n) is 13.9. The maximum atomic E-state index is 13.1. The molecule has 0 saturated heterocycles. The van der Waals surface area contributed by atoms with Crippen molar-refractivity contribution < 1.29 is 14.3 Å². The van der Waals surface area contributed by atoms with E-state index in [4.69, 9.17) is 0 Å². The van der Waals surface area contributed by atoms with Crippen LogP contribution in [0.3, 0.4) is 0 Å². The SMILES string of the molecule is O=C(CSc1n[nH]c(N/N=C/c2ccccc2O)n1)Nc1cccc(F)c1. The van der Waals surface area contributed by atoms with Gasteiger partial charge in [0, 0.05) is 11.3 Å². The summed E-state index contributed by atoms with van der Waals surface area (Å²) < 4.78 is 13.1. The summed E-state index contributed by atoms with van der Waals surface area (Å²) in [5.41, 5.74) is 3.58. The van der Waals surface area contributed by atoms with Crippen LogP contribution in [-0.4, -0.2) is 38.2 Å². The Morgan fingerprint density at radius 1 is 1.30 bits per heavy atom. The third-order valence-corrected chi connectivity index (χ3v) is 4.06. The number of nitrogens with zero attached hydrogens (tertiary/aromatic N) is 3. The summed E-state index contributed by atoms with van der Waals surface area (Å²) in [7, 11) is 0. The number of hydrazone groups is 1. The van der Waals surface area contributed by atoms with Crippen LogP contribution in [-0.2, 0) is 4.79 Å². The fraction of sp³-hybridized carbons (Fsp3) is 0.0588. The predicted octanol–water partition coefficient (Wildman–Crippen LogP) is 2.83. The molecule has 0 aliphatic carbocycles. The molecule has 0 fully saturated rings. The number of H-pyrrole nitrogens is 1. The molecule has 0 aliphatic heterocycles. The molecule has 1 aromatic heterocycles. The molecule has 0 atom stereocenters. The molecule has 1 heterocycles. The number of benzene rings is 2. The number of phenolic OH excluding ortho intramolecular Hbond substituents is 1. The van der Waals surface area contributed by atoms with E-state index in [-0.39, 0.29) is 23.4 Å². The van der Waals surface area contributed by atoms with Crippen LogP contribution in [0.15, 0.2) is 58.8 Å². The highest BCUT2D eigenvalue weighted by atomic mass is 32.2. The second-order valence-corrected chi connectivity index (χ2v) is 6.19. The van der Waals surface area contributed by atoms with Gasteiger partial charge in [-0.05, 0) is 30.3 Å². The molecule has 138 valence electrons. The summed E-state index contributed by atoms with van der Waals surface area (Å²) in [5.74, 6) is -0.262. The number of carbonyl (C=O) groups is 1. The number of carbonyl (C=O) groups excluding carboxylic acids is 1. The molecule has 0 aliphatic rings. The first kappa shape index (κ1) is 18.4. The maximum absolute atomic E-state index is 13.1. The van der Waals surface area contributed by atoms with Gasteiger partial charge in [-0.15, -0.1) is 5.10 Å². The highest BCUT2D eigenvalue weighted by Crippen LogP contribution is 2.16. The van der Waals surface area contributed by atoms with Crippen LogP contribution in [0.2, 0.25) is 0 Å². The number of thioether (sulfide) groups is 1. The van der Waals surface area contributed by atoms with E-state index in [1.807, 2.05) is 0 Å². The molecule has 27 heavy (non-hydrogen) atoms. The van der Waals surface area contributed by atoms with Crippen molar-refractivity contribution in [2.45, 2.75) is 5.16 Å². The minimum atomic E-state index is -0.422. The highest BCUT2D eigenvalue weighted by Gasteiger charge is 2.08. The number of halogens is 1. The quantitative estimate of drug-likeness (QED) is 0.282. The number of phenols is 1.